The van der Waals surface area contributed by atoms with Crippen molar-refractivity contribution in [3.05, 3.63) is 0 Å². The average molecular weight is 228 g/mol. The minimum absolute atomic E-state index is 0.0947. The third-order valence-corrected chi connectivity index (χ3v) is 2.51. The Labute approximate surface area is 95.9 Å². The van der Waals surface area contributed by atoms with Gasteiger partial charge in [0.15, 0.2) is 0 Å². The maximum atomic E-state index is 11.2. The Balaban J connectivity index is 1.98. The van der Waals surface area contributed by atoms with E-state index < -0.39 is 0 Å². The normalized spacial score (nSPS) is 19.6. The Morgan fingerprint density at radius 1 is 1.62 bits per heavy atom. The molecule has 1 rings (SSSR count). The van der Waals surface area contributed by atoms with Crippen LogP contribution in [0.2, 0.25) is 0 Å². The lowest BCUT2D eigenvalue weighted by atomic mass is 10.2. The van der Waals surface area contributed by atoms with Crippen molar-refractivity contribution in [2.45, 2.75) is 38.6 Å². The zero-order chi connectivity index (χ0) is 11.8. The summed E-state index contributed by atoms with van der Waals surface area (Å²) < 4.78 is 4.98. The molecule has 0 saturated carbocycles. The van der Waals surface area contributed by atoms with Crippen LogP contribution in [-0.4, -0.2) is 37.6 Å². The van der Waals surface area contributed by atoms with Crippen LogP contribution in [0.15, 0.2) is 0 Å². The molecule has 16 heavy (non-hydrogen) atoms. The summed E-state index contributed by atoms with van der Waals surface area (Å²) in [5.74, 6) is -0.130. The van der Waals surface area contributed by atoms with Crippen molar-refractivity contribution < 1.29 is 14.3 Å². The molecule has 0 aromatic rings. The molecule has 1 fully saturated rings. The predicted molar refractivity (Wildman–Crippen MR) is 59.9 cm³/mol. The minimum Gasteiger partial charge on any atom is -0.465 e. The number of hydrogen-bond donors (Lipinski definition) is 2. The van der Waals surface area contributed by atoms with E-state index in [4.69, 9.17) is 4.74 Å². The summed E-state index contributed by atoms with van der Waals surface area (Å²) in [5, 5.41) is 5.81. The van der Waals surface area contributed by atoms with Gasteiger partial charge in [0.1, 0.15) is 0 Å². The van der Waals surface area contributed by atoms with Gasteiger partial charge in [0, 0.05) is 19.0 Å². The van der Waals surface area contributed by atoms with Crippen LogP contribution < -0.4 is 10.6 Å². The number of carbonyl (C=O) groups is 2. The topological polar surface area (TPSA) is 67.4 Å². The molecule has 0 radical (unpaired) electrons. The zero-order valence-electron chi connectivity index (χ0n) is 9.75. The van der Waals surface area contributed by atoms with E-state index in [1.54, 1.807) is 0 Å². The average Bonchev–Trinajstić information content (AvgIpc) is 2.65. The molecule has 0 aromatic carbocycles. The minimum atomic E-state index is -0.224. The summed E-state index contributed by atoms with van der Waals surface area (Å²) in [6.07, 6.45) is 3.36. The van der Waals surface area contributed by atoms with E-state index in [2.05, 4.69) is 17.6 Å². The monoisotopic (exact) mass is 228 g/mol. The highest BCUT2D eigenvalue weighted by Gasteiger charge is 2.20. The molecule has 1 saturated heterocycles. The van der Waals surface area contributed by atoms with Gasteiger partial charge in [-0.15, -0.1) is 0 Å². The number of nitrogens with one attached hydrogen (secondary N) is 2. The number of ether oxygens (including phenoxy) is 1. The van der Waals surface area contributed by atoms with E-state index in [0.717, 1.165) is 19.3 Å². The first-order valence-electron chi connectivity index (χ1n) is 5.88. The first kappa shape index (κ1) is 13.0. The largest absolute Gasteiger partial charge is 0.465 e. The fourth-order valence-corrected chi connectivity index (χ4v) is 1.56. The van der Waals surface area contributed by atoms with Gasteiger partial charge in [-0.1, -0.05) is 13.3 Å². The smallest absolute Gasteiger partial charge is 0.319 e. The van der Waals surface area contributed by atoms with Crippen LogP contribution >= 0.6 is 0 Å². The van der Waals surface area contributed by atoms with Crippen LogP contribution in [0.4, 0.5) is 0 Å². The summed E-state index contributed by atoms with van der Waals surface area (Å²) in [7, 11) is 0. The van der Waals surface area contributed by atoms with Gasteiger partial charge in [-0.05, 0) is 12.8 Å². The molecule has 1 aliphatic rings. The second-order valence-corrected chi connectivity index (χ2v) is 4.01. The SMILES string of the molecule is CCCCOC(=O)CNCC1CCC(=O)N1. The molecule has 5 heteroatoms. The van der Waals surface area contributed by atoms with Crippen molar-refractivity contribution in [1.29, 1.82) is 0 Å². The van der Waals surface area contributed by atoms with Crippen molar-refractivity contribution in [1.82, 2.24) is 10.6 Å². The first-order valence-corrected chi connectivity index (χ1v) is 5.88. The molecule has 5 nitrogen and oxygen atoms in total. The van der Waals surface area contributed by atoms with Crippen LogP contribution in [0.25, 0.3) is 0 Å². The number of carbonyl (C=O) groups excluding carboxylic acids is 2. The highest BCUT2D eigenvalue weighted by atomic mass is 16.5. The van der Waals surface area contributed by atoms with Gasteiger partial charge >= 0.3 is 5.97 Å². The molecule has 1 amide bonds. The van der Waals surface area contributed by atoms with Crippen LogP contribution in [-0.2, 0) is 14.3 Å². The van der Waals surface area contributed by atoms with Crippen LogP contribution in [0.1, 0.15) is 32.6 Å². The van der Waals surface area contributed by atoms with Gasteiger partial charge in [0.2, 0.25) is 5.91 Å². The molecular formula is C11H20N2O3. The van der Waals surface area contributed by atoms with Crippen LogP contribution in [0, 0.1) is 0 Å². The molecule has 2 N–H and O–H groups in total. The number of rotatable bonds is 7. The third-order valence-electron chi connectivity index (χ3n) is 2.51. The van der Waals surface area contributed by atoms with E-state index in [-0.39, 0.29) is 24.5 Å². The highest BCUT2D eigenvalue weighted by molar-refractivity contribution is 5.78. The summed E-state index contributed by atoms with van der Waals surface area (Å²) >= 11 is 0. The second-order valence-electron chi connectivity index (χ2n) is 4.01. The maximum absolute atomic E-state index is 11.2. The Bertz CT molecular complexity index is 243. The number of unbranched alkanes of at least 4 members (excludes halogenated alkanes) is 1. The quantitative estimate of drug-likeness (QED) is 0.482. The van der Waals surface area contributed by atoms with Gasteiger partial charge in [-0.25, -0.2) is 0 Å². The van der Waals surface area contributed by atoms with Crippen LogP contribution in [0.3, 0.4) is 0 Å². The molecule has 1 atom stereocenters. The molecular weight excluding hydrogens is 208 g/mol. The number of hydrogen-bond acceptors (Lipinski definition) is 4. The molecule has 1 heterocycles. The second kappa shape index (κ2) is 7.22. The Morgan fingerprint density at radius 3 is 3.06 bits per heavy atom. The van der Waals surface area contributed by atoms with Crippen molar-refractivity contribution in [3.8, 4) is 0 Å². The van der Waals surface area contributed by atoms with Crippen molar-refractivity contribution in [2.75, 3.05) is 19.7 Å². The molecule has 0 aliphatic carbocycles. The predicted octanol–water partition coefficient (Wildman–Crippen LogP) is 0.198. The van der Waals surface area contributed by atoms with Crippen molar-refractivity contribution >= 4 is 11.9 Å². The first-order chi connectivity index (χ1) is 7.72. The fourth-order valence-electron chi connectivity index (χ4n) is 1.56. The molecule has 0 spiro atoms. The molecule has 92 valence electrons. The molecule has 1 unspecified atom stereocenters. The maximum Gasteiger partial charge on any atom is 0.319 e. The van der Waals surface area contributed by atoms with Gasteiger partial charge in [-0.3, -0.25) is 9.59 Å². The summed E-state index contributed by atoms with van der Waals surface area (Å²) in [5.41, 5.74) is 0. The summed E-state index contributed by atoms with van der Waals surface area (Å²) in [4.78, 5) is 22.1. The summed E-state index contributed by atoms with van der Waals surface area (Å²) in [6.45, 7) is 3.40. The number of amides is 1. The van der Waals surface area contributed by atoms with Gasteiger partial charge in [0.05, 0.1) is 13.2 Å². The standard InChI is InChI=1S/C11H20N2O3/c1-2-3-6-16-11(15)8-12-7-9-4-5-10(14)13-9/h9,12H,2-8H2,1H3,(H,13,14). The lowest BCUT2D eigenvalue weighted by Crippen LogP contribution is -2.38. The van der Waals surface area contributed by atoms with E-state index in [0.29, 0.717) is 19.6 Å². The van der Waals surface area contributed by atoms with Gasteiger partial charge < -0.3 is 15.4 Å². The van der Waals surface area contributed by atoms with E-state index >= 15 is 0 Å². The third kappa shape index (κ3) is 5.11. The Kier molecular flexibility index (Phi) is 5.85. The van der Waals surface area contributed by atoms with E-state index in [1.165, 1.54) is 0 Å². The van der Waals surface area contributed by atoms with Crippen LogP contribution in [0.5, 0.6) is 0 Å². The Hall–Kier alpha value is -1.10. The van der Waals surface area contributed by atoms with Gasteiger partial charge in [-0.2, -0.15) is 0 Å². The van der Waals surface area contributed by atoms with Crippen molar-refractivity contribution in [2.24, 2.45) is 0 Å². The summed E-state index contributed by atoms with van der Waals surface area (Å²) in [6, 6.07) is 0.163. The number of esters is 1. The van der Waals surface area contributed by atoms with Gasteiger partial charge in [0.25, 0.3) is 0 Å². The van der Waals surface area contributed by atoms with E-state index in [9.17, 15) is 9.59 Å². The molecule has 0 bridgehead atoms. The lowest BCUT2D eigenvalue weighted by molar-refractivity contribution is -0.142. The zero-order valence-corrected chi connectivity index (χ0v) is 9.75. The molecule has 1 aliphatic heterocycles. The van der Waals surface area contributed by atoms with E-state index in [1.807, 2.05) is 0 Å². The molecule has 0 aromatic heterocycles. The van der Waals surface area contributed by atoms with Crippen molar-refractivity contribution in [3.63, 3.8) is 0 Å². The highest BCUT2D eigenvalue weighted by Crippen LogP contribution is 2.04. The fraction of sp³-hybridized carbons (Fsp3) is 0.818. The lowest BCUT2D eigenvalue weighted by Gasteiger charge is -2.10. The Morgan fingerprint density at radius 2 is 2.44 bits per heavy atom.